The molecule has 0 aromatic heterocycles. The predicted octanol–water partition coefficient (Wildman–Crippen LogP) is 5.50. The molecule has 1 unspecified atom stereocenters. The molecule has 0 aliphatic heterocycles. The Morgan fingerprint density at radius 2 is 1.68 bits per heavy atom. The molecular weight excluding hydrogens is 228 g/mol. The summed E-state index contributed by atoms with van der Waals surface area (Å²) in [5.41, 5.74) is 9.90. The zero-order chi connectivity index (χ0) is 13.6. The Morgan fingerprint density at radius 1 is 0.895 bits per heavy atom. The Balaban J connectivity index is 2.33. The van der Waals surface area contributed by atoms with Crippen LogP contribution in [0.1, 0.15) is 50.3 Å². The van der Waals surface area contributed by atoms with Crippen LogP contribution in [-0.2, 0) is 0 Å². The van der Waals surface area contributed by atoms with Gasteiger partial charge in [0.2, 0.25) is 0 Å². The first kappa shape index (κ1) is 12.2. The van der Waals surface area contributed by atoms with Crippen LogP contribution in [0.4, 0.5) is 0 Å². The van der Waals surface area contributed by atoms with Gasteiger partial charge in [0.05, 0.1) is 0 Å². The highest BCUT2D eigenvalue weighted by Gasteiger charge is 2.26. The highest BCUT2D eigenvalue weighted by atomic mass is 14.3. The third-order valence-corrected chi connectivity index (χ3v) is 4.09. The van der Waals surface area contributed by atoms with Gasteiger partial charge in [-0.15, -0.1) is 0 Å². The van der Waals surface area contributed by atoms with Crippen LogP contribution in [0.25, 0.3) is 11.6 Å². The third kappa shape index (κ3) is 1.83. The highest BCUT2D eigenvalue weighted by Crippen LogP contribution is 2.44. The Bertz CT molecular complexity index is 655. The first-order chi connectivity index (χ1) is 9.09. The van der Waals surface area contributed by atoms with Gasteiger partial charge in [-0.2, -0.15) is 0 Å². The number of hydrogen-bond donors (Lipinski definition) is 0. The summed E-state index contributed by atoms with van der Waals surface area (Å²) in [6, 6.07) is 6.66. The summed E-state index contributed by atoms with van der Waals surface area (Å²) in [4.78, 5) is 0. The lowest BCUT2D eigenvalue weighted by Crippen LogP contribution is -2.12. The second-order valence-electron chi connectivity index (χ2n) is 5.85. The largest absolute Gasteiger partial charge is 0.0723 e. The lowest BCUT2D eigenvalue weighted by Gasteiger charge is -2.30. The average molecular weight is 248 g/mol. The Labute approximate surface area is 115 Å². The molecule has 0 bridgehead atoms. The van der Waals surface area contributed by atoms with E-state index < -0.39 is 0 Å². The van der Waals surface area contributed by atoms with Crippen molar-refractivity contribution in [1.82, 2.24) is 0 Å². The topological polar surface area (TPSA) is 0 Å². The molecule has 0 saturated carbocycles. The Hall–Kier alpha value is -1.82. The van der Waals surface area contributed by atoms with Crippen LogP contribution in [0.15, 0.2) is 53.1 Å². The molecule has 1 aromatic carbocycles. The van der Waals surface area contributed by atoms with Crippen LogP contribution >= 0.6 is 0 Å². The van der Waals surface area contributed by atoms with Crippen molar-refractivity contribution in [3.63, 3.8) is 0 Å². The fourth-order valence-corrected chi connectivity index (χ4v) is 3.14. The molecule has 1 aromatic rings. The molecule has 19 heavy (non-hydrogen) atoms. The molecular formula is C19H20. The molecule has 2 aliphatic carbocycles. The van der Waals surface area contributed by atoms with Crippen LogP contribution in [-0.4, -0.2) is 0 Å². The van der Waals surface area contributed by atoms with Gasteiger partial charge in [0, 0.05) is 5.92 Å². The molecule has 0 fully saturated rings. The number of benzene rings is 1. The van der Waals surface area contributed by atoms with E-state index in [4.69, 9.17) is 0 Å². The van der Waals surface area contributed by atoms with Crippen LogP contribution in [0, 0.1) is 0 Å². The summed E-state index contributed by atoms with van der Waals surface area (Å²) in [6.07, 6.45) is 9.21. The standard InChI is InChI=1S/C19H20/c1-12(2)15-9-8-14-6-5-7-17-16(13(3)4)10-11-18(15)19(14)17/h5-11,18H,1-4H3. The molecule has 0 N–H and O–H groups in total. The van der Waals surface area contributed by atoms with Crippen molar-refractivity contribution in [2.45, 2.75) is 33.6 Å². The van der Waals surface area contributed by atoms with Gasteiger partial charge in [-0.25, -0.2) is 0 Å². The van der Waals surface area contributed by atoms with Crippen molar-refractivity contribution < 1.29 is 0 Å². The number of hydrogen-bond acceptors (Lipinski definition) is 0. The van der Waals surface area contributed by atoms with Crippen molar-refractivity contribution in [3.05, 3.63) is 69.8 Å². The van der Waals surface area contributed by atoms with Gasteiger partial charge in [-0.05, 0) is 55.5 Å². The van der Waals surface area contributed by atoms with Crippen molar-refractivity contribution >= 4 is 11.6 Å². The smallest absolute Gasteiger partial charge is 0.0284 e. The molecule has 3 rings (SSSR count). The minimum Gasteiger partial charge on any atom is -0.0723 e. The van der Waals surface area contributed by atoms with Crippen molar-refractivity contribution in [3.8, 4) is 0 Å². The molecule has 0 amide bonds. The predicted molar refractivity (Wildman–Crippen MR) is 84.0 cm³/mol. The lowest BCUT2D eigenvalue weighted by molar-refractivity contribution is 0.968. The van der Waals surface area contributed by atoms with Crippen molar-refractivity contribution in [2.24, 2.45) is 0 Å². The molecule has 1 atom stereocenters. The van der Waals surface area contributed by atoms with Gasteiger partial charge < -0.3 is 0 Å². The SMILES string of the molecule is CC(C)=C1C=CC2C(=C(C)C)C=Cc3cccc1c32. The summed E-state index contributed by atoms with van der Waals surface area (Å²) in [7, 11) is 0. The minimum atomic E-state index is 0.435. The Morgan fingerprint density at radius 3 is 2.37 bits per heavy atom. The van der Waals surface area contributed by atoms with Gasteiger partial charge in [0.1, 0.15) is 0 Å². The van der Waals surface area contributed by atoms with E-state index in [0.29, 0.717) is 5.92 Å². The summed E-state index contributed by atoms with van der Waals surface area (Å²) < 4.78 is 0. The molecule has 2 aliphatic rings. The first-order valence-electron chi connectivity index (χ1n) is 6.94. The molecule has 96 valence electrons. The molecule has 0 heterocycles. The van der Waals surface area contributed by atoms with Crippen LogP contribution in [0.5, 0.6) is 0 Å². The van der Waals surface area contributed by atoms with Gasteiger partial charge in [-0.3, -0.25) is 0 Å². The highest BCUT2D eigenvalue weighted by molar-refractivity contribution is 5.85. The Kier molecular flexibility index (Phi) is 2.82. The van der Waals surface area contributed by atoms with E-state index in [9.17, 15) is 0 Å². The average Bonchev–Trinajstić information content (AvgIpc) is 2.39. The fraction of sp³-hybridized carbons (Fsp3) is 0.263. The molecule has 0 heteroatoms. The maximum atomic E-state index is 2.36. The van der Waals surface area contributed by atoms with E-state index in [1.807, 2.05) is 0 Å². The van der Waals surface area contributed by atoms with Crippen LogP contribution in [0.3, 0.4) is 0 Å². The summed E-state index contributed by atoms with van der Waals surface area (Å²) in [5.74, 6) is 0.435. The van der Waals surface area contributed by atoms with Gasteiger partial charge >= 0.3 is 0 Å². The van der Waals surface area contributed by atoms with Crippen molar-refractivity contribution in [1.29, 1.82) is 0 Å². The van der Waals surface area contributed by atoms with Gasteiger partial charge in [-0.1, -0.05) is 53.6 Å². The van der Waals surface area contributed by atoms with Crippen LogP contribution in [0.2, 0.25) is 0 Å². The first-order valence-corrected chi connectivity index (χ1v) is 6.94. The van der Waals surface area contributed by atoms with E-state index >= 15 is 0 Å². The quantitative estimate of drug-likeness (QED) is 0.569. The molecule has 0 saturated heterocycles. The molecule has 0 nitrogen and oxygen atoms in total. The van der Waals surface area contributed by atoms with Gasteiger partial charge in [0.15, 0.2) is 0 Å². The van der Waals surface area contributed by atoms with Gasteiger partial charge in [0.25, 0.3) is 0 Å². The van der Waals surface area contributed by atoms with E-state index in [-0.39, 0.29) is 0 Å². The summed E-state index contributed by atoms with van der Waals surface area (Å²) in [6.45, 7) is 8.80. The second kappa shape index (κ2) is 4.38. The van der Waals surface area contributed by atoms with Crippen LogP contribution < -0.4 is 0 Å². The van der Waals surface area contributed by atoms with E-state index in [1.165, 1.54) is 39.0 Å². The van der Waals surface area contributed by atoms with E-state index in [0.717, 1.165) is 0 Å². The van der Waals surface area contributed by atoms with E-state index in [1.54, 1.807) is 0 Å². The van der Waals surface area contributed by atoms with Crippen molar-refractivity contribution in [2.75, 3.05) is 0 Å². The van der Waals surface area contributed by atoms with E-state index in [2.05, 4.69) is 70.2 Å². The maximum Gasteiger partial charge on any atom is 0.0284 e. The second-order valence-corrected chi connectivity index (χ2v) is 5.85. The minimum absolute atomic E-state index is 0.435. The zero-order valence-electron chi connectivity index (χ0n) is 12.1. The molecule has 0 radical (unpaired) electrons. The zero-order valence-corrected chi connectivity index (χ0v) is 12.1. The monoisotopic (exact) mass is 248 g/mol. The summed E-state index contributed by atoms with van der Waals surface area (Å²) >= 11 is 0. The third-order valence-electron chi connectivity index (χ3n) is 4.09. The summed E-state index contributed by atoms with van der Waals surface area (Å²) in [5, 5.41) is 0. The fourth-order valence-electron chi connectivity index (χ4n) is 3.14. The number of allylic oxidation sites excluding steroid dienone is 7. The lowest BCUT2D eigenvalue weighted by atomic mass is 9.74. The maximum absolute atomic E-state index is 2.36. The normalized spacial score (nSPS) is 19.5. The number of rotatable bonds is 0. The molecule has 0 spiro atoms.